The maximum Gasteiger partial charge on any atom is 0.329 e. The van der Waals surface area contributed by atoms with Crippen molar-refractivity contribution in [2.75, 3.05) is 50.1 Å². The summed E-state index contributed by atoms with van der Waals surface area (Å²) >= 11 is 1.62. The highest BCUT2D eigenvalue weighted by Crippen LogP contribution is 2.38. The topological polar surface area (TPSA) is 157 Å². The number of nitrogens with one attached hydrogen (secondary N) is 2. The Bertz CT molecular complexity index is 2230. The smallest absolute Gasteiger partial charge is 0.329 e. The molecule has 3 aromatic heterocycles. The van der Waals surface area contributed by atoms with Gasteiger partial charge in [-0.1, -0.05) is 30.1 Å². The van der Waals surface area contributed by atoms with E-state index in [9.17, 15) is 19.2 Å². The minimum Gasteiger partial charge on any atom is -0.494 e. The van der Waals surface area contributed by atoms with Gasteiger partial charge < -0.3 is 19.9 Å². The molecular formula is C38H45N9O5S. The van der Waals surface area contributed by atoms with E-state index in [0.717, 1.165) is 84.7 Å². The molecule has 278 valence electrons. The summed E-state index contributed by atoms with van der Waals surface area (Å²) in [5.74, 6) is 0.302. The van der Waals surface area contributed by atoms with Crippen LogP contribution in [0.25, 0.3) is 21.9 Å². The van der Waals surface area contributed by atoms with Gasteiger partial charge in [-0.15, -0.1) is 0 Å². The van der Waals surface area contributed by atoms with Crippen LogP contribution in [0.1, 0.15) is 62.0 Å². The Morgan fingerprint density at radius 2 is 1.89 bits per heavy atom. The predicted molar refractivity (Wildman–Crippen MR) is 204 cm³/mol. The number of imide groups is 1. The third-order valence-corrected chi connectivity index (χ3v) is 11.9. The summed E-state index contributed by atoms with van der Waals surface area (Å²) in [6.45, 7) is 10.9. The van der Waals surface area contributed by atoms with Gasteiger partial charge in [-0.2, -0.15) is 0 Å². The van der Waals surface area contributed by atoms with Gasteiger partial charge in [0.2, 0.25) is 11.8 Å². The van der Waals surface area contributed by atoms with E-state index in [1.165, 1.54) is 12.5 Å². The Morgan fingerprint density at radius 1 is 1.11 bits per heavy atom. The van der Waals surface area contributed by atoms with E-state index >= 15 is 0 Å². The standard InChI is InChI=1S/C38H45N9O5S/c1-5-25(34-29(6-2)47(38(51)44(34)3)30-7-8-33(48)43-36(30)50)24-12-15-45(16-13-24)21-23-10-17-46(18-11-23)37-42-28-19-31(52-4)27(20-32(28)53-37)41-35(49)26-9-14-39-22-40-26/h5-6,9,14,19-20,22-24,30H,1,7-8,10-13,15-18,21H2,2-4H3,(H,41,49)(H,43,48,50)/b29-6+,34-25-. The fourth-order valence-electron chi connectivity index (χ4n) is 8.00. The van der Waals surface area contributed by atoms with E-state index in [1.54, 1.807) is 40.7 Å². The zero-order valence-electron chi connectivity index (χ0n) is 30.3. The van der Waals surface area contributed by atoms with Crippen LogP contribution in [-0.4, -0.2) is 86.5 Å². The highest BCUT2D eigenvalue weighted by Gasteiger charge is 2.32. The third-order valence-electron chi connectivity index (χ3n) is 10.8. The van der Waals surface area contributed by atoms with Crippen LogP contribution in [0.2, 0.25) is 0 Å². The van der Waals surface area contributed by atoms with Gasteiger partial charge in [-0.05, 0) is 81.7 Å². The van der Waals surface area contributed by atoms with Gasteiger partial charge in [0.05, 0.1) is 33.7 Å². The van der Waals surface area contributed by atoms with Crippen molar-refractivity contribution in [3.63, 3.8) is 0 Å². The molecule has 4 aromatic rings. The summed E-state index contributed by atoms with van der Waals surface area (Å²) < 4.78 is 9.74. The number of hydrogen-bond donors (Lipinski definition) is 2. The van der Waals surface area contributed by atoms with E-state index in [4.69, 9.17) is 9.72 Å². The molecule has 0 bridgehead atoms. The van der Waals surface area contributed by atoms with Gasteiger partial charge in [0.25, 0.3) is 5.91 Å². The van der Waals surface area contributed by atoms with E-state index in [1.807, 2.05) is 31.2 Å². The molecule has 3 aliphatic heterocycles. The van der Waals surface area contributed by atoms with Crippen LogP contribution in [-0.2, 0) is 16.6 Å². The molecule has 53 heavy (non-hydrogen) atoms. The number of fused-ring (bicyclic) bond motifs is 1. The average molecular weight is 740 g/mol. The highest BCUT2D eigenvalue weighted by atomic mass is 32.1. The minimum absolute atomic E-state index is 0.207. The molecule has 3 fully saturated rings. The summed E-state index contributed by atoms with van der Waals surface area (Å²) in [6.07, 6.45) is 11.2. The minimum atomic E-state index is -0.715. The number of allylic oxidation sites excluding steroid dienone is 1. The number of hydrogen-bond acceptors (Lipinski definition) is 11. The Balaban J connectivity index is 0.975. The molecule has 0 radical (unpaired) electrons. The maximum atomic E-state index is 13.5. The molecule has 15 heteroatoms. The largest absolute Gasteiger partial charge is 0.494 e. The van der Waals surface area contributed by atoms with Crippen LogP contribution < -0.4 is 36.7 Å². The van der Waals surface area contributed by atoms with Crippen LogP contribution in [0.15, 0.2) is 48.2 Å². The maximum absolute atomic E-state index is 13.5. The number of piperidine rings is 3. The molecule has 14 nitrogen and oxygen atoms in total. The SMILES string of the molecule is C=C/C(=c1\c(=C/C)n(C2CCC(=O)NC2=O)c(=O)n1C)C1CCN(CC2CCN(c3nc4cc(OC)c(NC(=O)c5ccncn5)cc4s3)CC2)CC1. The van der Waals surface area contributed by atoms with Crippen molar-refractivity contribution in [3.05, 3.63) is 70.3 Å². The van der Waals surface area contributed by atoms with Crippen LogP contribution in [0, 0.1) is 11.8 Å². The number of nitrogens with zero attached hydrogens (tertiary/aromatic N) is 7. The first-order valence-electron chi connectivity index (χ1n) is 18.2. The number of carbonyl (C=O) groups is 3. The van der Waals surface area contributed by atoms with Gasteiger partial charge in [-0.3, -0.25) is 28.8 Å². The molecule has 3 amide bonds. The van der Waals surface area contributed by atoms with E-state index in [2.05, 4.69) is 37.0 Å². The first kappa shape index (κ1) is 36.2. The number of methoxy groups -OCH3 is 1. The van der Waals surface area contributed by atoms with E-state index in [0.29, 0.717) is 29.1 Å². The molecule has 3 saturated heterocycles. The zero-order valence-corrected chi connectivity index (χ0v) is 31.2. The number of amides is 3. The Kier molecular flexibility index (Phi) is 10.6. The van der Waals surface area contributed by atoms with Crippen molar-refractivity contribution >= 4 is 61.7 Å². The Hall–Kier alpha value is -5.15. The molecule has 2 N–H and O–H groups in total. The zero-order chi connectivity index (χ0) is 37.2. The lowest BCUT2D eigenvalue weighted by Gasteiger charge is -2.38. The predicted octanol–water partition coefficient (Wildman–Crippen LogP) is 2.59. The summed E-state index contributed by atoms with van der Waals surface area (Å²) in [4.78, 5) is 68.6. The van der Waals surface area contributed by atoms with Crippen LogP contribution in [0.3, 0.4) is 0 Å². The molecule has 0 aliphatic carbocycles. The van der Waals surface area contributed by atoms with Crippen LogP contribution in [0.5, 0.6) is 5.75 Å². The molecule has 0 spiro atoms. The number of ether oxygens (including phenoxy) is 1. The number of benzene rings is 1. The van der Waals surface area contributed by atoms with Crippen LogP contribution in [0.4, 0.5) is 10.8 Å². The second kappa shape index (κ2) is 15.4. The van der Waals surface area contributed by atoms with Gasteiger partial charge in [0.15, 0.2) is 5.13 Å². The molecule has 3 aliphatic rings. The quantitative estimate of drug-likeness (QED) is 0.245. The van der Waals surface area contributed by atoms with Crippen molar-refractivity contribution in [2.45, 2.75) is 51.5 Å². The number of carbonyl (C=O) groups excluding carboxylic acids is 3. The molecule has 1 aromatic carbocycles. The van der Waals surface area contributed by atoms with Crippen LogP contribution >= 0.6 is 11.3 Å². The number of aromatic nitrogens is 5. The second-order valence-corrected chi connectivity index (χ2v) is 14.9. The lowest BCUT2D eigenvalue weighted by atomic mass is 9.87. The number of thiazole rings is 1. The van der Waals surface area contributed by atoms with Gasteiger partial charge >= 0.3 is 5.69 Å². The Morgan fingerprint density at radius 3 is 2.55 bits per heavy atom. The fraction of sp³-hybridized carbons (Fsp3) is 0.447. The highest BCUT2D eigenvalue weighted by molar-refractivity contribution is 7.22. The van der Waals surface area contributed by atoms with Crippen molar-refractivity contribution < 1.29 is 19.1 Å². The molecule has 6 heterocycles. The summed E-state index contributed by atoms with van der Waals surface area (Å²) in [5, 5.41) is 7.78. The number of imidazole rings is 1. The summed E-state index contributed by atoms with van der Waals surface area (Å²) in [6, 6.07) is 4.63. The lowest BCUT2D eigenvalue weighted by Crippen LogP contribution is -2.48. The van der Waals surface area contributed by atoms with Gasteiger partial charge in [0, 0.05) is 45.4 Å². The molecule has 0 saturated carbocycles. The number of rotatable bonds is 9. The first-order chi connectivity index (χ1) is 25.7. The van der Waals surface area contributed by atoms with Crippen molar-refractivity contribution in [3.8, 4) is 5.75 Å². The summed E-state index contributed by atoms with van der Waals surface area (Å²) in [7, 11) is 3.33. The molecule has 1 atom stereocenters. The molecular weight excluding hydrogens is 695 g/mol. The number of anilines is 2. The van der Waals surface area contributed by atoms with Crippen molar-refractivity contribution in [1.82, 2.24) is 34.3 Å². The van der Waals surface area contributed by atoms with E-state index < -0.39 is 11.9 Å². The fourth-order valence-corrected chi connectivity index (χ4v) is 9.04. The second-order valence-electron chi connectivity index (χ2n) is 13.9. The third kappa shape index (κ3) is 7.27. The Labute approximate surface area is 310 Å². The van der Waals surface area contributed by atoms with Gasteiger partial charge in [-0.25, -0.2) is 19.7 Å². The number of likely N-dealkylation sites (tertiary alicyclic amines) is 1. The summed E-state index contributed by atoms with van der Waals surface area (Å²) in [5.41, 5.74) is 2.45. The van der Waals surface area contributed by atoms with Crippen molar-refractivity contribution in [1.29, 1.82) is 0 Å². The first-order valence-corrected chi connectivity index (χ1v) is 19.0. The van der Waals surface area contributed by atoms with Crippen molar-refractivity contribution in [2.24, 2.45) is 18.9 Å². The monoisotopic (exact) mass is 739 g/mol. The normalized spacial score (nSPS) is 20.1. The van der Waals surface area contributed by atoms with E-state index in [-0.39, 0.29) is 35.5 Å². The average Bonchev–Trinajstić information content (AvgIpc) is 3.70. The molecule has 1 unspecified atom stereocenters. The van der Waals surface area contributed by atoms with Gasteiger partial charge in [0.1, 0.15) is 23.8 Å². The molecule has 7 rings (SSSR count). The lowest BCUT2D eigenvalue weighted by molar-refractivity contribution is -0.135.